The highest BCUT2D eigenvalue weighted by molar-refractivity contribution is 5.20. The number of nitrogens with zero attached hydrogens (tertiary/aromatic N) is 2. The van der Waals surface area contributed by atoms with Crippen molar-refractivity contribution in [1.29, 1.82) is 0 Å². The van der Waals surface area contributed by atoms with Crippen LogP contribution in [0.3, 0.4) is 0 Å². The molecule has 0 aliphatic heterocycles. The molecule has 1 aromatic heterocycles. The summed E-state index contributed by atoms with van der Waals surface area (Å²) in [5.74, 6) is -0.146. The largest absolute Gasteiger partial charge is 0.503 e. The number of rotatable bonds is 10. The van der Waals surface area contributed by atoms with E-state index < -0.39 is 0 Å². The van der Waals surface area contributed by atoms with Gasteiger partial charge in [0.25, 0.3) is 0 Å². The molecule has 0 aromatic carbocycles. The minimum absolute atomic E-state index is 0.146. The van der Waals surface area contributed by atoms with Crippen LogP contribution >= 0.6 is 0 Å². The van der Waals surface area contributed by atoms with Crippen molar-refractivity contribution in [1.82, 2.24) is 9.47 Å². The van der Waals surface area contributed by atoms with Crippen LogP contribution in [0, 0.1) is 0 Å². The van der Waals surface area contributed by atoms with Gasteiger partial charge in [-0.25, -0.2) is 0 Å². The predicted octanol–water partition coefficient (Wildman–Crippen LogP) is 3.37. The second kappa shape index (κ2) is 9.61. The molecule has 0 saturated heterocycles. The maximum atomic E-state index is 11.7. The standard InChI is InChI=1S/C17H30N2O2/c1-4-7-8-11-19-14-17(21)16(20)12-15(19)13-18(9-5-2)10-6-3/h12,14,21H,4-11,13H2,1-3H3. The van der Waals surface area contributed by atoms with Gasteiger partial charge in [-0.05, 0) is 32.4 Å². The first-order valence-corrected chi connectivity index (χ1v) is 8.27. The van der Waals surface area contributed by atoms with E-state index in [0.717, 1.165) is 51.1 Å². The molecule has 0 atom stereocenters. The number of hydrogen-bond acceptors (Lipinski definition) is 3. The first-order valence-electron chi connectivity index (χ1n) is 8.27. The Balaban J connectivity index is 2.90. The summed E-state index contributed by atoms with van der Waals surface area (Å²) in [5, 5.41) is 9.67. The van der Waals surface area contributed by atoms with Crippen LogP contribution in [0.15, 0.2) is 17.1 Å². The maximum Gasteiger partial charge on any atom is 0.223 e. The molecule has 1 rings (SSSR count). The Hall–Kier alpha value is -1.29. The van der Waals surface area contributed by atoms with Crippen LogP contribution in [-0.2, 0) is 13.1 Å². The van der Waals surface area contributed by atoms with Crippen molar-refractivity contribution in [3.63, 3.8) is 0 Å². The summed E-state index contributed by atoms with van der Waals surface area (Å²) in [6, 6.07) is 1.60. The Morgan fingerprint density at radius 2 is 1.76 bits per heavy atom. The normalized spacial score (nSPS) is 11.2. The molecule has 0 bridgehead atoms. The van der Waals surface area contributed by atoms with Gasteiger partial charge in [-0.15, -0.1) is 0 Å². The number of hydrogen-bond donors (Lipinski definition) is 1. The van der Waals surface area contributed by atoms with E-state index in [2.05, 4.69) is 25.7 Å². The third-order valence-corrected chi connectivity index (χ3v) is 3.67. The van der Waals surface area contributed by atoms with Crippen LogP contribution in [0.1, 0.15) is 58.6 Å². The zero-order chi connectivity index (χ0) is 15.7. The molecule has 1 aromatic rings. The number of aryl methyl sites for hydroxylation is 1. The third kappa shape index (κ3) is 5.92. The summed E-state index contributed by atoms with van der Waals surface area (Å²) in [7, 11) is 0. The molecular formula is C17H30N2O2. The van der Waals surface area contributed by atoms with Crippen molar-refractivity contribution < 1.29 is 5.11 Å². The number of pyridine rings is 1. The first kappa shape index (κ1) is 17.8. The average Bonchev–Trinajstić information content (AvgIpc) is 2.44. The summed E-state index contributed by atoms with van der Waals surface area (Å²) in [6.45, 7) is 10.2. The van der Waals surface area contributed by atoms with Gasteiger partial charge in [0.1, 0.15) is 0 Å². The molecule has 120 valence electrons. The third-order valence-electron chi connectivity index (χ3n) is 3.67. The Bertz CT molecular complexity index is 462. The van der Waals surface area contributed by atoms with Gasteiger partial charge in [0.05, 0.1) is 6.20 Å². The lowest BCUT2D eigenvalue weighted by Crippen LogP contribution is -2.27. The van der Waals surface area contributed by atoms with Crippen LogP contribution in [0.5, 0.6) is 5.75 Å². The second-order valence-corrected chi connectivity index (χ2v) is 5.69. The van der Waals surface area contributed by atoms with Crippen molar-refractivity contribution >= 4 is 0 Å². The zero-order valence-electron chi connectivity index (χ0n) is 13.8. The topological polar surface area (TPSA) is 45.5 Å². The van der Waals surface area contributed by atoms with Gasteiger partial charge in [-0.2, -0.15) is 0 Å². The monoisotopic (exact) mass is 294 g/mol. The molecule has 4 heteroatoms. The zero-order valence-corrected chi connectivity index (χ0v) is 13.8. The Kier molecular flexibility index (Phi) is 8.13. The molecule has 0 unspecified atom stereocenters. The summed E-state index contributed by atoms with van der Waals surface area (Å²) >= 11 is 0. The van der Waals surface area contributed by atoms with Crippen molar-refractivity contribution in [2.45, 2.75) is 66.0 Å². The van der Waals surface area contributed by atoms with Gasteiger partial charge in [-0.3, -0.25) is 9.69 Å². The molecule has 0 aliphatic rings. The number of aromatic nitrogens is 1. The summed E-state index contributed by atoms with van der Waals surface area (Å²) in [4.78, 5) is 14.1. The fourth-order valence-corrected chi connectivity index (χ4v) is 2.61. The fourth-order valence-electron chi connectivity index (χ4n) is 2.61. The summed E-state index contributed by atoms with van der Waals surface area (Å²) in [6.07, 6.45) is 7.23. The van der Waals surface area contributed by atoms with E-state index in [-0.39, 0.29) is 11.2 Å². The van der Waals surface area contributed by atoms with Gasteiger partial charge < -0.3 is 9.67 Å². The van der Waals surface area contributed by atoms with E-state index in [1.807, 2.05) is 4.57 Å². The van der Waals surface area contributed by atoms with Crippen LogP contribution in [0.4, 0.5) is 0 Å². The average molecular weight is 294 g/mol. The van der Waals surface area contributed by atoms with E-state index in [9.17, 15) is 9.90 Å². The van der Waals surface area contributed by atoms with Crippen LogP contribution in [0.2, 0.25) is 0 Å². The van der Waals surface area contributed by atoms with Gasteiger partial charge in [-0.1, -0.05) is 33.6 Å². The molecule has 0 saturated carbocycles. The van der Waals surface area contributed by atoms with Gasteiger partial charge >= 0.3 is 0 Å². The van der Waals surface area contributed by atoms with Crippen LogP contribution in [-0.4, -0.2) is 27.7 Å². The van der Waals surface area contributed by atoms with E-state index in [1.165, 1.54) is 12.8 Å². The molecule has 0 aliphatic carbocycles. The van der Waals surface area contributed by atoms with E-state index >= 15 is 0 Å². The number of unbranched alkanes of at least 4 members (excludes halogenated alkanes) is 2. The van der Waals surface area contributed by atoms with Crippen molar-refractivity contribution in [3.8, 4) is 5.75 Å². The lowest BCUT2D eigenvalue weighted by Gasteiger charge is -2.23. The maximum absolute atomic E-state index is 11.7. The van der Waals surface area contributed by atoms with E-state index in [0.29, 0.717) is 0 Å². The molecule has 1 N–H and O–H groups in total. The highest BCUT2D eigenvalue weighted by Crippen LogP contribution is 2.11. The highest BCUT2D eigenvalue weighted by Gasteiger charge is 2.10. The van der Waals surface area contributed by atoms with Gasteiger partial charge in [0.15, 0.2) is 5.75 Å². The van der Waals surface area contributed by atoms with Crippen molar-refractivity contribution in [3.05, 3.63) is 28.2 Å². The SMILES string of the molecule is CCCCCn1cc(O)c(=O)cc1CN(CCC)CCC. The Morgan fingerprint density at radius 1 is 1.10 bits per heavy atom. The quantitative estimate of drug-likeness (QED) is 0.673. The van der Waals surface area contributed by atoms with Gasteiger partial charge in [0, 0.05) is 24.8 Å². The molecule has 0 amide bonds. The van der Waals surface area contributed by atoms with Crippen molar-refractivity contribution in [2.75, 3.05) is 13.1 Å². The second-order valence-electron chi connectivity index (χ2n) is 5.69. The summed E-state index contributed by atoms with van der Waals surface area (Å²) < 4.78 is 2.05. The first-order chi connectivity index (χ1) is 10.1. The molecule has 1 heterocycles. The fraction of sp³-hybridized carbons (Fsp3) is 0.706. The Labute approximate surface area is 128 Å². The highest BCUT2D eigenvalue weighted by atomic mass is 16.3. The molecular weight excluding hydrogens is 264 g/mol. The minimum Gasteiger partial charge on any atom is -0.503 e. The predicted molar refractivity (Wildman–Crippen MR) is 87.8 cm³/mol. The van der Waals surface area contributed by atoms with Crippen LogP contribution in [0.25, 0.3) is 0 Å². The smallest absolute Gasteiger partial charge is 0.223 e. The Morgan fingerprint density at radius 3 is 2.33 bits per heavy atom. The van der Waals surface area contributed by atoms with Crippen LogP contribution < -0.4 is 5.43 Å². The van der Waals surface area contributed by atoms with Crippen molar-refractivity contribution in [2.24, 2.45) is 0 Å². The molecule has 0 spiro atoms. The van der Waals surface area contributed by atoms with E-state index in [4.69, 9.17) is 0 Å². The number of aromatic hydroxyl groups is 1. The molecule has 0 fully saturated rings. The lowest BCUT2D eigenvalue weighted by atomic mass is 10.2. The molecule has 21 heavy (non-hydrogen) atoms. The lowest BCUT2D eigenvalue weighted by molar-refractivity contribution is 0.258. The molecule has 4 nitrogen and oxygen atoms in total. The molecule has 0 radical (unpaired) electrons. The van der Waals surface area contributed by atoms with Gasteiger partial charge in [0.2, 0.25) is 5.43 Å². The minimum atomic E-state index is -0.273. The summed E-state index contributed by atoms with van der Waals surface area (Å²) in [5.41, 5.74) is 0.737. The van der Waals surface area contributed by atoms with E-state index in [1.54, 1.807) is 12.3 Å².